The van der Waals surface area contributed by atoms with Gasteiger partial charge in [0.1, 0.15) is 11.3 Å². The maximum absolute atomic E-state index is 12.3. The van der Waals surface area contributed by atoms with E-state index in [1.165, 1.54) is 0 Å². The third kappa shape index (κ3) is 4.90. The van der Waals surface area contributed by atoms with E-state index in [1.54, 1.807) is 12.3 Å². The molecule has 1 N–H and O–H groups in total. The van der Waals surface area contributed by atoms with E-state index in [0.717, 1.165) is 66.3 Å². The van der Waals surface area contributed by atoms with Crippen LogP contribution in [0, 0.1) is 6.92 Å². The van der Waals surface area contributed by atoms with Crippen molar-refractivity contribution in [1.29, 1.82) is 0 Å². The molecule has 1 aromatic carbocycles. The number of aryl methyl sites for hydroxylation is 1. The third-order valence-electron chi connectivity index (χ3n) is 4.77. The summed E-state index contributed by atoms with van der Waals surface area (Å²) in [5.41, 5.74) is 3.64. The van der Waals surface area contributed by atoms with Crippen molar-refractivity contribution < 1.29 is 18.7 Å². The molecule has 146 valence electrons. The Morgan fingerprint density at radius 2 is 2.11 bits per heavy atom. The quantitative estimate of drug-likeness (QED) is 0.757. The van der Waals surface area contributed by atoms with Gasteiger partial charge in [-0.1, -0.05) is 0 Å². The molecule has 0 saturated carbocycles. The van der Waals surface area contributed by atoms with E-state index in [2.05, 4.69) is 10.2 Å². The predicted octanol–water partition coefficient (Wildman–Crippen LogP) is 2.99. The molecule has 2 heterocycles. The lowest BCUT2D eigenvalue weighted by atomic mass is 10.0. The number of hydrogen-bond acceptors (Lipinski definition) is 5. The Bertz CT molecular complexity index is 819. The molecule has 1 fully saturated rings. The molecule has 6 nitrogen and oxygen atoms in total. The maximum atomic E-state index is 12.3. The van der Waals surface area contributed by atoms with Gasteiger partial charge in [-0.05, 0) is 38.0 Å². The number of allylic oxidation sites excluding steroid dienone is 1. The van der Waals surface area contributed by atoms with E-state index in [-0.39, 0.29) is 5.91 Å². The normalized spacial score (nSPS) is 15.9. The van der Waals surface area contributed by atoms with Crippen molar-refractivity contribution in [1.82, 2.24) is 10.2 Å². The summed E-state index contributed by atoms with van der Waals surface area (Å²) in [4.78, 5) is 14.6. The monoisotopic (exact) mass is 372 g/mol. The first-order valence-corrected chi connectivity index (χ1v) is 9.49. The molecule has 6 heteroatoms. The van der Waals surface area contributed by atoms with Gasteiger partial charge in [0.2, 0.25) is 5.91 Å². The fraction of sp³-hybridized carbons (Fsp3) is 0.476. The van der Waals surface area contributed by atoms with E-state index in [9.17, 15) is 4.79 Å². The van der Waals surface area contributed by atoms with Crippen LogP contribution in [0.25, 0.3) is 16.5 Å². The number of nitrogens with one attached hydrogen (secondary N) is 1. The summed E-state index contributed by atoms with van der Waals surface area (Å²) in [6.45, 7) is 11.3. The Kier molecular flexibility index (Phi) is 6.53. The number of furan rings is 1. The first kappa shape index (κ1) is 19.5. The molecule has 0 unspecified atom stereocenters. The van der Waals surface area contributed by atoms with Crippen molar-refractivity contribution >= 4 is 22.4 Å². The minimum atomic E-state index is -0.0905. The highest BCUT2D eigenvalue weighted by Crippen LogP contribution is 2.33. The van der Waals surface area contributed by atoms with Crippen molar-refractivity contribution in [2.24, 2.45) is 0 Å². The third-order valence-corrected chi connectivity index (χ3v) is 4.77. The average molecular weight is 372 g/mol. The fourth-order valence-corrected chi connectivity index (χ4v) is 3.25. The van der Waals surface area contributed by atoms with Gasteiger partial charge in [0.25, 0.3) is 0 Å². The van der Waals surface area contributed by atoms with E-state index in [1.807, 2.05) is 32.9 Å². The minimum absolute atomic E-state index is 0.0905. The first-order valence-electron chi connectivity index (χ1n) is 9.49. The molecule has 1 amide bonds. The maximum Gasteiger partial charge on any atom is 0.244 e. The van der Waals surface area contributed by atoms with Gasteiger partial charge in [0.15, 0.2) is 0 Å². The fourth-order valence-electron chi connectivity index (χ4n) is 3.25. The highest BCUT2D eigenvalue weighted by Gasteiger charge is 2.13. The molecule has 1 aromatic heterocycles. The SMILES string of the molecule is CCOc1cc2occ(C)c2cc1/C(C)=C/C(=O)NCCN1CCOCC1. The van der Waals surface area contributed by atoms with Crippen LogP contribution in [-0.2, 0) is 9.53 Å². The van der Waals surface area contributed by atoms with Crippen LogP contribution in [-0.4, -0.2) is 56.8 Å². The van der Waals surface area contributed by atoms with E-state index in [0.29, 0.717) is 13.2 Å². The van der Waals surface area contributed by atoms with Crippen LogP contribution in [0.4, 0.5) is 0 Å². The number of amides is 1. The van der Waals surface area contributed by atoms with Crippen molar-refractivity contribution in [3.05, 3.63) is 35.6 Å². The molecule has 0 atom stereocenters. The number of rotatable bonds is 7. The zero-order valence-corrected chi connectivity index (χ0v) is 16.3. The van der Waals surface area contributed by atoms with E-state index < -0.39 is 0 Å². The van der Waals surface area contributed by atoms with E-state index in [4.69, 9.17) is 13.9 Å². The van der Waals surface area contributed by atoms with Crippen molar-refractivity contribution in [2.75, 3.05) is 46.0 Å². The number of ether oxygens (including phenoxy) is 2. The topological polar surface area (TPSA) is 63.9 Å². The Balaban J connectivity index is 1.69. The summed E-state index contributed by atoms with van der Waals surface area (Å²) in [6, 6.07) is 3.93. The summed E-state index contributed by atoms with van der Waals surface area (Å²) < 4.78 is 16.7. The van der Waals surface area contributed by atoms with Gasteiger partial charge < -0.3 is 19.2 Å². The molecular formula is C21H28N2O4. The molecular weight excluding hydrogens is 344 g/mol. The lowest BCUT2D eigenvalue weighted by Crippen LogP contribution is -2.41. The van der Waals surface area contributed by atoms with Crippen molar-refractivity contribution in [3.63, 3.8) is 0 Å². The largest absolute Gasteiger partial charge is 0.493 e. The van der Waals surface area contributed by atoms with Gasteiger partial charge in [-0.2, -0.15) is 0 Å². The van der Waals surface area contributed by atoms with Gasteiger partial charge in [-0.25, -0.2) is 0 Å². The number of hydrogen-bond donors (Lipinski definition) is 1. The molecule has 3 rings (SSSR count). The summed E-state index contributed by atoms with van der Waals surface area (Å²) in [5.74, 6) is 0.640. The van der Waals surface area contributed by atoms with Gasteiger partial charge in [0.05, 0.1) is 26.1 Å². The number of carbonyl (C=O) groups excluding carboxylic acids is 1. The van der Waals surface area contributed by atoms with Crippen LogP contribution in [0.3, 0.4) is 0 Å². The number of carbonyl (C=O) groups is 1. The molecule has 27 heavy (non-hydrogen) atoms. The molecule has 0 aliphatic carbocycles. The van der Waals surface area contributed by atoms with Crippen LogP contribution in [0.1, 0.15) is 25.0 Å². The molecule has 0 bridgehead atoms. The Morgan fingerprint density at radius 1 is 1.33 bits per heavy atom. The highest BCUT2D eigenvalue weighted by atomic mass is 16.5. The van der Waals surface area contributed by atoms with Gasteiger partial charge >= 0.3 is 0 Å². The second-order valence-electron chi connectivity index (χ2n) is 6.77. The smallest absolute Gasteiger partial charge is 0.244 e. The van der Waals surface area contributed by atoms with Crippen LogP contribution < -0.4 is 10.1 Å². The molecule has 1 aliphatic heterocycles. The number of nitrogens with zero attached hydrogens (tertiary/aromatic N) is 1. The van der Waals surface area contributed by atoms with Gasteiger partial charge in [-0.15, -0.1) is 0 Å². The number of fused-ring (bicyclic) bond motifs is 1. The predicted molar refractivity (Wildman–Crippen MR) is 106 cm³/mol. The minimum Gasteiger partial charge on any atom is -0.493 e. The molecule has 1 aliphatic rings. The summed E-state index contributed by atoms with van der Waals surface area (Å²) in [6.07, 6.45) is 3.37. The zero-order chi connectivity index (χ0) is 19.2. The molecule has 2 aromatic rings. The van der Waals surface area contributed by atoms with Gasteiger partial charge in [-0.3, -0.25) is 9.69 Å². The number of benzene rings is 1. The second kappa shape index (κ2) is 9.06. The summed E-state index contributed by atoms with van der Waals surface area (Å²) in [7, 11) is 0. The summed E-state index contributed by atoms with van der Waals surface area (Å²) >= 11 is 0. The van der Waals surface area contributed by atoms with Crippen molar-refractivity contribution in [2.45, 2.75) is 20.8 Å². The Labute approximate surface area is 160 Å². The average Bonchev–Trinajstić information content (AvgIpc) is 3.02. The molecule has 1 saturated heterocycles. The summed E-state index contributed by atoms with van der Waals surface area (Å²) in [5, 5.41) is 4.00. The molecule has 0 spiro atoms. The zero-order valence-electron chi connectivity index (χ0n) is 16.3. The first-order chi connectivity index (χ1) is 13.1. The van der Waals surface area contributed by atoms with Crippen LogP contribution >= 0.6 is 0 Å². The van der Waals surface area contributed by atoms with Crippen LogP contribution in [0.2, 0.25) is 0 Å². The lowest BCUT2D eigenvalue weighted by molar-refractivity contribution is -0.116. The number of morpholine rings is 1. The van der Waals surface area contributed by atoms with Crippen LogP contribution in [0.5, 0.6) is 5.75 Å². The Hall–Kier alpha value is -2.31. The van der Waals surface area contributed by atoms with E-state index >= 15 is 0 Å². The standard InChI is InChI=1S/C21H28N2O4/c1-4-26-19-13-20-18(16(3)14-27-20)12-17(19)15(2)11-21(24)22-5-6-23-7-9-25-10-8-23/h11-14H,4-10H2,1-3H3,(H,22,24)/b15-11+. The second-order valence-corrected chi connectivity index (χ2v) is 6.77. The van der Waals surface area contributed by atoms with Gasteiger partial charge in [0, 0.05) is 49.3 Å². The Morgan fingerprint density at radius 3 is 2.85 bits per heavy atom. The highest BCUT2D eigenvalue weighted by molar-refractivity contribution is 5.97. The van der Waals surface area contributed by atoms with Crippen molar-refractivity contribution in [3.8, 4) is 5.75 Å². The van der Waals surface area contributed by atoms with Crippen LogP contribution in [0.15, 0.2) is 28.9 Å². The lowest BCUT2D eigenvalue weighted by Gasteiger charge is -2.26. The molecule has 0 radical (unpaired) electrons.